The third-order valence-corrected chi connectivity index (χ3v) is 6.48. The number of aromatic amines is 1. The number of rotatable bonds is 5. The lowest BCUT2D eigenvalue weighted by Gasteiger charge is -2.31. The van der Waals surface area contributed by atoms with E-state index in [1.54, 1.807) is 11.1 Å². The molecule has 3 aromatic heterocycles. The number of fused-ring (bicyclic) bond motifs is 2. The van der Waals surface area contributed by atoms with E-state index in [4.69, 9.17) is 10.7 Å². The Kier molecular flexibility index (Phi) is 5.67. The summed E-state index contributed by atoms with van der Waals surface area (Å²) in [5.74, 6) is 1.26. The maximum absolute atomic E-state index is 12.4. The van der Waals surface area contributed by atoms with Crippen LogP contribution in [0.4, 0.5) is 5.82 Å². The van der Waals surface area contributed by atoms with Crippen molar-refractivity contribution in [2.45, 2.75) is 18.8 Å². The quantitative estimate of drug-likeness (QED) is 0.338. The Morgan fingerprint density at radius 2 is 2.03 bits per heavy atom. The van der Waals surface area contributed by atoms with E-state index in [1.165, 1.54) is 0 Å². The lowest BCUT2D eigenvalue weighted by atomic mass is 9.96. The number of piperidine rings is 1. The maximum atomic E-state index is 12.4. The topological polar surface area (TPSA) is 121 Å². The van der Waals surface area contributed by atoms with Crippen LogP contribution in [-0.4, -0.2) is 61.5 Å². The first-order valence-corrected chi connectivity index (χ1v) is 11.5. The van der Waals surface area contributed by atoms with Crippen molar-refractivity contribution in [1.82, 2.24) is 29.6 Å². The molecular formula is C23H25N7O2S. The highest BCUT2D eigenvalue weighted by atomic mass is 32.1. The fraction of sp³-hybridized carbons (Fsp3) is 0.304. The zero-order valence-electron chi connectivity index (χ0n) is 18.0. The zero-order chi connectivity index (χ0) is 22.9. The molecule has 5 rings (SSSR count). The Hall–Kier alpha value is -3.53. The molecule has 1 aromatic carbocycles. The fourth-order valence-electron chi connectivity index (χ4n) is 4.49. The fourth-order valence-corrected chi connectivity index (χ4v) is 4.60. The standard InChI is InChI=1S/C23H25N7O2S/c24-22-21-20(17-11-15-3-1-2-4-16(15)27-17)28-23(30(21)10-7-25-22)14-5-8-29(9-6-14)19(32)12-26-18(31)13-33/h1-4,7,10-11,14,27,33H,5-6,8-9,12-13H2,(H2,24,25)(H,26,31). The van der Waals surface area contributed by atoms with Gasteiger partial charge in [-0.2, -0.15) is 12.6 Å². The average Bonchev–Trinajstić information content (AvgIpc) is 3.45. The van der Waals surface area contributed by atoms with Gasteiger partial charge in [0.1, 0.15) is 22.9 Å². The van der Waals surface area contributed by atoms with Gasteiger partial charge < -0.3 is 20.9 Å². The number of aromatic nitrogens is 4. The number of anilines is 1. The number of carbonyl (C=O) groups excluding carboxylic acids is 2. The summed E-state index contributed by atoms with van der Waals surface area (Å²) < 4.78 is 2.03. The molecule has 4 aromatic rings. The number of hydrogen-bond donors (Lipinski definition) is 4. The Bertz CT molecular complexity index is 1300. The molecule has 1 aliphatic heterocycles. The highest BCUT2D eigenvalue weighted by Crippen LogP contribution is 2.35. The number of carbonyl (C=O) groups is 2. The molecule has 1 fully saturated rings. The van der Waals surface area contributed by atoms with Gasteiger partial charge in [0.2, 0.25) is 11.8 Å². The van der Waals surface area contributed by atoms with Crippen LogP contribution in [0.25, 0.3) is 27.8 Å². The summed E-state index contributed by atoms with van der Waals surface area (Å²) in [6.07, 6.45) is 5.13. The van der Waals surface area contributed by atoms with Gasteiger partial charge in [0.05, 0.1) is 18.0 Å². The second-order valence-electron chi connectivity index (χ2n) is 8.21. The molecular weight excluding hydrogens is 438 g/mol. The molecule has 33 heavy (non-hydrogen) atoms. The molecule has 0 radical (unpaired) electrons. The SMILES string of the molecule is Nc1nccn2c(C3CCN(C(=O)CNC(=O)CS)CC3)nc(-c3cc4ccccc4[nH]3)c12. The molecule has 4 heterocycles. The number of nitrogen functional groups attached to an aromatic ring is 1. The van der Waals surface area contributed by atoms with Crippen LogP contribution in [0.1, 0.15) is 24.6 Å². The van der Waals surface area contributed by atoms with E-state index in [9.17, 15) is 9.59 Å². The first kappa shape index (κ1) is 21.3. The smallest absolute Gasteiger partial charge is 0.241 e. The summed E-state index contributed by atoms with van der Waals surface area (Å²) in [6.45, 7) is 1.22. The van der Waals surface area contributed by atoms with Gasteiger partial charge >= 0.3 is 0 Å². The summed E-state index contributed by atoms with van der Waals surface area (Å²) in [4.78, 5) is 38.4. The van der Waals surface area contributed by atoms with Gasteiger partial charge in [-0.3, -0.25) is 14.0 Å². The zero-order valence-corrected chi connectivity index (χ0v) is 18.9. The van der Waals surface area contributed by atoms with Gasteiger partial charge in [0, 0.05) is 42.3 Å². The lowest BCUT2D eigenvalue weighted by Crippen LogP contribution is -2.44. The van der Waals surface area contributed by atoms with Gasteiger partial charge in [-0.25, -0.2) is 9.97 Å². The number of thiol groups is 1. The van der Waals surface area contributed by atoms with Gasteiger partial charge in [-0.15, -0.1) is 0 Å². The minimum absolute atomic E-state index is 0.00308. The van der Waals surface area contributed by atoms with Gasteiger partial charge in [0.15, 0.2) is 0 Å². The summed E-state index contributed by atoms with van der Waals surface area (Å²) in [6, 6.07) is 10.2. The molecule has 1 aliphatic rings. The number of benzene rings is 1. The Morgan fingerprint density at radius 3 is 2.79 bits per heavy atom. The molecule has 0 atom stereocenters. The number of imidazole rings is 1. The summed E-state index contributed by atoms with van der Waals surface area (Å²) >= 11 is 3.91. The Balaban J connectivity index is 1.41. The van der Waals surface area contributed by atoms with Crippen LogP contribution in [0.3, 0.4) is 0 Å². The Morgan fingerprint density at radius 1 is 1.24 bits per heavy atom. The second kappa shape index (κ2) is 8.78. The van der Waals surface area contributed by atoms with Crippen molar-refractivity contribution in [2.24, 2.45) is 0 Å². The molecule has 9 nitrogen and oxygen atoms in total. The van der Waals surface area contributed by atoms with Gasteiger partial charge in [-0.05, 0) is 25.0 Å². The summed E-state index contributed by atoms with van der Waals surface area (Å²) in [5.41, 5.74) is 9.78. The molecule has 1 saturated heterocycles. The second-order valence-corrected chi connectivity index (χ2v) is 8.53. The van der Waals surface area contributed by atoms with Crippen LogP contribution >= 0.6 is 12.6 Å². The monoisotopic (exact) mass is 463 g/mol. The number of H-pyrrole nitrogens is 1. The summed E-state index contributed by atoms with van der Waals surface area (Å²) in [7, 11) is 0. The van der Waals surface area contributed by atoms with E-state index in [1.807, 2.05) is 28.8 Å². The van der Waals surface area contributed by atoms with Gasteiger partial charge in [-0.1, -0.05) is 18.2 Å². The van der Waals surface area contributed by atoms with Crippen LogP contribution in [0, 0.1) is 0 Å². The number of nitrogens with zero attached hydrogens (tertiary/aromatic N) is 4. The molecule has 0 unspecified atom stereocenters. The van der Waals surface area contributed by atoms with E-state index >= 15 is 0 Å². The third-order valence-electron chi connectivity index (χ3n) is 6.19. The van der Waals surface area contributed by atoms with Crippen molar-refractivity contribution in [2.75, 3.05) is 31.1 Å². The van der Waals surface area contributed by atoms with Crippen LogP contribution < -0.4 is 11.1 Å². The Labute approximate surface area is 195 Å². The van der Waals surface area contributed by atoms with Crippen molar-refractivity contribution in [3.63, 3.8) is 0 Å². The van der Waals surface area contributed by atoms with E-state index in [2.05, 4.69) is 40.0 Å². The number of nitrogens with two attached hydrogens (primary N) is 1. The number of likely N-dealkylation sites (tertiary alicyclic amines) is 1. The molecule has 2 amide bonds. The maximum Gasteiger partial charge on any atom is 0.241 e. The van der Waals surface area contributed by atoms with E-state index in [0.717, 1.165) is 46.5 Å². The van der Waals surface area contributed by atoms with Crippen LogP contribution in [0.15, 0.2) is 42.7 Å². The molecule has 10 heteroatoms. The van der Waals surface area contributed by atoms with Crippen molar-refractivity contribution < 1.29 is 9.59 Å². The van der Waals surface area contributed by atoms with Crippen molar-refractivity contribution in [3.8, 4) is 11.4 Å². The van der Waals surface area contributed by atoms with Crippen LogP contribution in [0.5, 0.6) is 0 Å². The van der Waals surface area contributed by atoms with E-state index in [-0.39, 0.29) is 30.0 Å². The number of hydrogen-bond acceptors (Lipinski definition) is 6. The predicted octanol–water partition coefficient (Wildman–Crippen LogP) is 2.21. The minimum atomic E-state index is -0.249. The molecule has 0 bridgehead atoms. The minimum Gasteiger partial charge on any atom is -0.382 e. The molecule has 0 saturated carbocycles. The third kappa shape index (κ3) is 4.02. The first-order valence-electron chi connectivity index (χ1n) is 10.9. The van der Waals surface area contributed by atoms with Crippen molar-refractivity contribution in [3.05, 3.63) is 48.5 Å². The van der Waals surface area contributed by atoms with E-state index < -0.39 is 0 Å². The normalized spacial score (nSPS) is 14.8. The lowest BCUT2D eigenvalue weighted by molar-refractivity contribution is -0.133. The summed E-state index contributed by atoms with van der Waals surface area (Å²) in [5, 5.41) is 3.69. The van der Waals surface area contributed by atoms with Gasteiger partial charge in [0.25, 0.3) is 0 Å². The molecule has 170 valence electrons. The number of para-hydroxylation sites is 1. The number of nitrogens with one attached hydrogen (secondary N) is 2. The first-order chi connectivity index (χ1) is 16.0. The largest absolute Gasteiger partial charge is 0.382 e. The highest BCUT2D eigenvalue weighted by Gasteiger charge is 2.28. The van der Waals surface area contributed by atoms with Crippen LogP contribution in [0.2, 0.25) is 0 Å². The molecule has 0 aliphatic carbocycles. The molecule has 4 N–H and O–H groups in total. The average molecular weight is 464 g/mol. The number of amides is 2. The predicted molar refractivity (Wildman–Crippen MR) is 130 cm³/mol. The highest BCUT2D eigenvalue weighted by molar-refractivity contribution is 7.81. The van der Waals surface area contributed by atoms with E-state index in [0.29, 0.717) is 18.9 Å². The van der Waals surface area contributed by atoms with Crippen LogP contribution in [-0.2, 0) is 9.59 Å². The molecule has 0 spiro atoms. The van der Waals surface area contributed by atoms with Crippen molar-refractivity contribution in [1.29, 1.82) is 0 Å². The van der Waals surface area contributed by atoms with Crippen molar-refractivity contribution >= 4 is 46.7 Å².